The van der Waals surface area contributed by atoms with E-state index in [1.807, 2.05) is 0 Å². The summed E-state index contributed by atoms with van der Waals surface area (Å²) in [6, 6.07) is 11.1. The van der Waals surface area contributed by atoms with Crippen molar-refractivity contribution in [2.75, 3.05) is 5.32 Å². The number of carbonyl (C=O) groups excluding carboxylic acids is 2. The van der Waals surface area contributed by atoms with Crippen LogP contribution in [0.15, 0.2) is 48.7 Å². The number of halogens is 2. The average Bonchev–Trinajstić information content (AvgIpc) is 2.56. The predicted octanol–water partition coefficient (Wildman–Crippen LogP) is 2.64. The Balaban J connectivity index is 2.11. The quantitative estimate of drug-likeness (QED) is 0.649. The number of rotatable bonds is 6. The molecule has 0 saturated heterocycles. The van der Waals surface area contributed by atoms with Crippen molar-refractivity contribution in [3.8, 4) is 11.8 Å². The summed E-state index contributed by atoms with van der Waals surface area (Å²) < 4.78 is 28.3. The highest BCUT2D eigenvalue weighted by molar-refractivity contribution is 6.15. The van der Waals surface area contributed by atoms with Gasteiger partial charge >= 0.3 is 6.61 Å². The number of aromatic nitrogens is 1. The van der Waals surface area contributed by atoms with Gasteiger partial charge < -0.3 is 10.1 Å². The normalized spacial score (nSPS) is 11.4. The van der Waals surface area contributed by atoms with Crippen LogP contribution in [0.25, 0.3) is 0 Å². The molecule has 1 N–H and O–H groups in total. The number of pyridine rings is 1. The second kappa shape index (κ2) is 7.78. The number of hydrogen-bond donors (Lipinski definition) is 1. The van der Waals surface area contributed by atoms with Crippen molar-refractivity contribution < 1.29 is 23.1 Å². The summed E-state index contributed by atoms with van der Waals surface area (Å²) in [5.41, 5.74) is 0.0272. The highest BCUT2D eigenvalue weighted by Gasteiger charge is 2.28. The van der Waals surface area contributed by atoms with E-state index in [1.165, 1.54) is 24.4 Å². The number of Topliss-reactive ketones (excluding diaryl/α,β-unsaturated/α-hetero) is 1. The minimum Gasteiger partial charge on any atom is -0.435 e. The highest BCUT2D eigenvalue weighted by Crippen LogP contribution is 2.18. The summed E-state index contributed by atoms with van der Waals surface area (Å²) >= 11 is 0. The molecule has 1 amide bonds. The number of nitrogens with one attached hydrogen (secondary N) is 1. The molecule has 2 rings (SSSR count). The number of ether oxygens (including phenoxy) is 1. The molecule has 0 aliphatic rings. The van der Waals surface area contributed by atoms with Crippen LogP contribution in [0, 0.1) is 17.2 Å². The Bertz CT molecular complexity index is 758. The Morgan fingerprint density at radius 1 is 1.17 bits per heavy atom. The molecule has 1 heterocycles. The van der Waals surface area contributed by atoms with Crippen molar-refractivity contribution in [3.05, 3.63) is 54.2 Å². The van der Waals surface area contributed by atoms with Crippen molar-refractivity contribution in [2.45, 2.75) is 6.61 Å². The van der Waals surface area contributed by atoms with Crippen LogP contribution in [0.2, 0.25) is 0 Å². The van der Waals surface area contributed by atoms with Gasteiger partial charge in [0.15, 0.2) is 11.7 Å². The Hall–Kier alpha value is -3.34. The van der Waals surface area contributed by atoms with Crippen LogP contribution < -0.4 is 10.1 Å². The van der Waals surface area contributed by atoms with E-state index >= 15 is 0 Å². The Labute approximate surface area is 135 Å². The van der Waals surface area contributed by atoms with Gasteiger partial charge in [0.2, 0.25) is 0 Å². The first-order valence-corrected chi connectivity index (χ1v) is 6.72. The molecular weight excluding hydrogens is 320 g/mol. The lowest BCUT2D eigenvalue weighted by Crippen LogP contribution is -2.29. The van der Waals surface area contributed by atoms with Crippen LogP contribution >= 0.6 is 0 Å². The largest absolute Gasteiger partial charge is 0.435 e. The first-order chi connectivity index (χ1) is 11.5. The van der Waals surface area contributed by atoms with Gasteiger partial charge in [-0.15, -0.1) is 0 Å². The second-order valence-corrected chi connectivity index (χ2v) is 4.53. The fourth-order valence-corrected chi connectivity index (χ4v) is 1.84. The highest BCUT2D eigenvalue weighted by atomic mass is 19.3. The van der Waals surface area contributed by atoms with E-state index in [0.717, 1.165) is 12.1 Å². The molecule has 2 aromatic rings. The third kappa shape index (κ3) is 4.33. The number of nitrogens with zero attached hydrogens (tertiary/aromatic N) is 2. The number of amides is 1. The molecule has 0 aliphatic heterocycles. The van der Waals surface area contributed by atoms with Gasteiger partial charge in [-0.25, -0.2) is 4.98 Å². The molecule has 1 aromatic carbocycles. The number of benzene rings is 1. The van der Waals surface area contributed by atoms with Crippen molar-refractivity contribution >= 4 is 17.5 Å². The molecular formula is C16H11F2N3O3. The smallest absolute Gasteiger partial charge is 0.387 e. The maximum Gasteiger partial charge on any atom is 0.387 e. The summed E-state index contributed by atoms with van der Waals surface area (Å²) in [5.74, 6) is -3.10. The number of alkyl halides is 2. The van der Waals surface area contributed by atoms with E-state index < -0.39 is 24.2 Å². The molecule has 0 bridgehead atoms. The zero-order chi connectivity index (χ0) is 17.5. The molecule has 0 fully saturated rings. The minimum atomic E-state index is -2.98. The zero-order valence-electron chi connectivity index (χ0n) is 12.1. The third-order valence-corrected chi connectivity index (χ3v) is 2.93. The molecule has 0 spiro atoms. The number of nitriles is 1. The Morgan fingerprint density at radius 3 is 2.42 bits per heavy atom. The van der Waals surface area contributed by atoms with E-state index in [4.69, 9.17) is 5.26 Å². The topological polar surface area (TPSA) is 92.1 Å². The molecule has 0 radical (unpaired) electrons. The van der Waals surface area contributed by atoms with Crippen LogP contribution in [-0.4, -0.2) is 23.3 Å². The maximum atomic E-state index is 12.2. The third-order valence-electron chi connectivity index (χ3n) is 2.93. The van der Waals surface area contributed by atoms with Gasteiger partial charge in [-0.3, -0.25) is 9.59 Å². The van der Waals surface area contributed by atoms with Gasteiger partial charge in [0.1, 0.15) is 11.6 Å². The van der Waals surface area contributed by atoms with Gasteiger partial charge in [-0.05, 0) is 36.4 Å². The first kappa shape index (κ1) is 17.0. The van der Waals surface area contributed by atoms with E-state index in [2.05, 4.69) is 15.0 Å². The van der Waals surface area contributed by atoms with Crippen molar-refractivity contribution in [1.29, 1.82) is 5.26 Å². The van der Waals surface area contributed by atoms with Crippen LogP contribution in [-0.2, 0) is 4.79 Å². The zero-order valence-corrected chi connectivity index (χ0v) is 12.1. The van der Waals surface area contributed by atoms with E-state index in [9.17, 15) is 18.4 Å². The molecule has 24 heavy (non-hydrogen) atoms. The summed E-state index contributed by atoms with van der Waals surface area (Å²) in [7, 11) is 0. The molecule has 6 nitrogen and oxygen atoms in total. The monoisotopic (exact) mass is 331 g/mol. The lowest BCUT2D eigenvalue weighted by molar-refractivity contribution is -0.117. The van der Waals surface area contributed by atoms with Gasteiger partial charge in [-0.1, -0.05) is 6.07 Å². The second-order valence-electron chi connectivity index (χ2n) is 4.53. The Kier molecular flexibility index (Phi) is 5.52. The first-order valence-electron chi connectivity index (χ1n) is 6.72. The lowest BCUT2D eigenvalue weighted by atomic mass is 9.98. The molecule has 0 saturated carbocycles. The fourth-order valence-electron chi connectivity index (χ4n) is 1.84. The van der Waals surface area contributed by atoms with Gasteiger partial charge in [0, 0.05) is 11.8 Å². The van der Waals surface area contributed by atoms with Crippen molar-refractivity contribution in [1.82, 2.24) is 4.98 Å². The van der Waals surface area contributed by atoms with Crippen LogP contribution in [0.3, 0.4) is 0 Å². The van der Waals surface area contributed by atoms with Gasteiger partial charge in [0.05, 0.1) is 6.07 Å². The van der Waals surface area contributed by atoms with Gasteiger partial charge in [-0.2, -0.15) is 14.0 Å². The van der Waals surface area contributed by atoms with Gasteiger partial charge in [0.25, 0.3) is 5.91 Å². The maximum absolute atomic E-state index is 12.2. The molecule has 0 aliphatic carbocycles. The summed E-state index contributed by atoms with van der Waals surface area (Å²) in [5, 5.41) is 11.5. The summed E-state index contributed by atoms with van der Waals surface area (Å²) in [6.45, 7) is -2.98. The summed E-state index contributed by atoms with van der Waals surface area (Å²) in [6.07, 6.45) is 1.44. The molecule has 1 unspecified atom stereocenters. The number of ketones is 1. The number of carbonyl (C=O) groups is 2. The molecule has 122 valence electrons. The van der Waals surface area contributed by atoms with E-state index in [1.54, 1.807) is 18.2 Å². The van der Waals surface area contributed by atoms with E-state index in [0.29, 0.717) is 0 Å². The molecule has 8 heteroatoms. The average molecular weight is 331 g/mol. The van der Waals surface area contributed by atoms with Crippen molar-refractivity contribution in [3.63, 3.8) is 0 Å². The predicted molar refractivity (Wildman–Crippen MR) is 79.4 cm³/mol. The fraction of sp³-hybridized carbons (Fsp3) is 0.125. The standard InChI is InChI=1S/C16H11F2N3O3/c17-16(18)24-11-6-4-10(5-7-11)14(22)12(9-19)15(23)21-13-3-1-2-8-20-13/h1-8,12,16H,(H,20,21,23). The minimum absolute atomic E-state index is 0.0272. The van der Waals surface area contributed by atoms with Crippen molar-refractivity contribution in [2.24, 2.45) is 5.92 Å². The van der Waals surface area contributed by atoms with Crippen LogP contribution in [0.1, 0.15) is 10.4 Å². The lowest BCUT2D eigenvalue weighted by Gasteiger charge is -2.10. The van der Waals surface area contributed by atoms with E-state index in [-0.39, 0.29) is 17.1 Å². The SMILES string of the molecule is N#CC(C(=O)Nc1ccccn1)C(=O)c1ccc(OC(F)F)cc1. The summed E-state index contributed by atoms with van der Waals surface area (Å²) in [4.78, 5) is 28.2. The Morgan fingerprint density at radius 2 is 1.88 bits per heavy atom. The molecule has 1 aromatic heterocycles. The number of anilines is 1. The number of hydrogen-bond acceptors (Lipinski definition) is 5. The van der Waals surface area contributed by atoms with Crippen LogP contribution in [0.4, 0.5) is 14.6 Å². The molecule has 1 atom stereocenters. The van der Waals surface area contributed by atoms with Crippen LogP contribution in [0.5, 0.6) is 5.75 Å².